The van der Waals surface area contributed by atoms with Crippen LogP contribution in [0.25, 0.3) is 10.9 Å². The Kier molecular flexibility index (Phi) is 18.0. The van der Waals surface area contributed by atoms with Crippen LogP contribution < -0.4 is 32.3 Å². The predicted molar refractivity (Wildman–Crippen MR) is 249 cm³/mol. The summed E-state index contributed by atoms with van der Waals surface area (Å²) in [7, 11) is 0. The molecule has 66 heavy (non-hydrogen) atoms. The predicted octanol–water partition coefficient (Wildman–Crippen LogP) is 1.86. The van der Waals surface area contributed by atoms with E-state index in [9.17, 15) is 48.9 Å². The van der Waals surface area contributed by atoms with Crippen molar-refractivity contribution in [1.29, 1.82) is 0 Å². The quantitative estimate of drug-likeness (QED) is 0.0541. The molecule has 0 unspecified atom stereocenters. The van der Waals surface area contributed by atoms with Crippen molar-refractivity contribution in [2.24, 2.45) is 11.7 Å². The van der Waals surface area contributed by atoms with Gasteiger partial charge in [-0.1, -0.05) is 56.3 Å². The molecule has 1 aliphatic heterocycles. The molecule has 7 atom stereocenters. The van der Waals surface area contributed by atoms with Crippen molar-refractivity contribution < 1.29 is 48.9 Å². The highest BCUT2D eigenvalue weighted by atomic mass is 32.2. The maximum absolute atomic E-state index is 14.5. The number of phenols is 2. The Bertz CT molecular complexity index is 2340. The van der Waals surface area contributed by atoms with Crippen molar-refractivity contribution in [3.05, 3.63) is 95.7 Å². The van der Waals surface area contributed by atoms with E-state index in [0.717, 1.165) is 16.5 Å². The number of nitrogens with two attached hydrogens (primary N) is 1. The smallest absolute Gasteiger partial charge is 0.326 e. The third-order valence-corrected chi connectivity index (χ3v) is 12.2. The third kappa shape index (κ3) is 13.7. The first-order valence-corrected chi connectivity index (χ1v) is 23.3. The molecule has 11 N–H and O–H groups in total. The van der Waals surface area contributed by atoms with Gasteiger partial charge in [-0.05, 0) is 97.6 Å². The number of hydrogen-bond donors (Lipinski definition) is 10. The van der Waals surface area contributed by atoms with E-state index in [4.69, 9.17) is 5.73 Å². The fourth-order valence-corrected chi connectivity index (χ4v) is 8.24. The molecule has 0 saturated carbocycles. The van der Waals surface area contributed by atoms with Crippen LogP contribution in [-0.4, -0.2) is 127 Å². The first-order valence-electron chi connectivity index (χ1n) is 21.9. The fraction of sp³-hybridized carbons (Fsp3) is 0.426. The molecular weight excluding hydrogens is 869 g/mol. The van der Waals surface area contributed by atoms with Gasteiger partial charge in [-0.3, -0.25) is 28.8 Å². The van der Waals surface area contributed by atoms with Crippen molar-refractivity contribution in [3.63, 3.8) is 0 Å². The number of aromatic amines is 1. The lowest BCUT2D eigenvalue weighted by Crippen LogP contribution is -2.61. The summed E-state index contributed by atoms with van der Waals surface area (Å²) in [5.41, 5.74) is 9.26. The van der Waals surface area contributed by atoms with Crippen LogP contribution in [0.3, 0.4) is 0 Å². The summed E-state index contributed by atoms with van der Waals surface area (Å²) in [5.74, 6) is -5.25. The van der Waals surface area contributed by atoms with Gasteiger partial charge in [-0.25, -0.2) is 4.79 Å². The van der Waals surface area contributed by atoms with Gasteiger partial charge in [0.25, 0.3) is 0 Å². The van der Waals surface area contributed by atoms with E-state index >= 15 is 0 Å². The van der Waals surface area contributed by atoms with E-state index in [-0.39, 0.29) is 50.1 Å². The molecule has 5 rings (SSSR count). The molecule has 0 aliphatic carbocycles. The number of aromatic hydroxyl groups is 2. The number of nitrogens with zero attached hydrogens (tertiary/aromatic N) is 1. The molecule has 1 saturated heterocycles. The Morgan fingerprint density at radius 1 is 0.742 bits per heavy atom. The van der Waals surface area contributed by atoms with Gasteiger partial charge in [-0.15, -0.1) is 0 Å². The molecule has 19 heteroatoms. The van der Waals surface area contributed by atoms with Crippen molar-refractivity contribution in [3.8, 4) is 11.5 Å². The van der Waals surface area contributed by atoms with Crippen molar-refractivity contribution in [1.82, 2.24) is 36.5 Å². The number of fused-ring (bicyclic) bond motifs is 1. The number of H-pyrrole nitrogens is 1. The van der Waals surface area contributed by atoms with Crippen molar-refractivity contribution in [2.45, 2.75) is 102 Å². The summed E-state index contributed by atoms with van der Waals surface area (Å²) in [6.45, 7) is 4.97. The number of amides is 6. The number of carbonyl (C=O) groups excluding carboxylic acids is 6. The number of nitrogens with one attached hydrogen (secondary N) is 6. The number of aromatic nitrogens is 1. The number of carboxylic acid groups (broad SMARTS) is 1. The number of carbonyl (C=O) groups is 7. The van der Waals surface area contributed by atoms with E-state index < -0.39 is 89.6 Å². The summed E-state index contributed by atoms with van der Waals surface area (Å²) >= 11 is 1.43. The van der Waals surface area contributed by atoms with Crippen molar-refractivity contribution in [2.75, 3.05) is 18.6 Å². The minimum Gasteiger partial charge on any atom is -0.508 e. The Labute approximate surface area is 387 Å². The molecule has 1 aromatic heterocycles. The molecule has 4 aromatic rings. The topological polar surface area (TPSA) is 285 Å². The highest BCUT2D eigenvalue weighted by molar-refractivity contribution is 7.98. The second kappa shape index (κ2) is 23.5. The number of thioether (sulfide) groups is 1. The molecule has 18 nitrogen and oxygen atoms in total. The molecule has 6 amide bonds. The number of aliphatic carboxylic acids is 1. The first-order chi connectivity index (χ1) is 31.4. The fourth-order valence-electron chi connectivity index (χ4n) is 7.77. The highest BCUT2D eigenvalue weighted by Gasteiger charge is 2.40. The monoisotopic (exact) mass is 928 g/mol. The molecule has 0 spiro atoms. The van der Waals surface area contributed by atoms with Crippen LogP contribution in [-0.2, 0) is 52.8 Å². The third-order valence-electron chi connectivity index (χ3n) is 11.5. The molecule has 2 heterocycles. The second-order valence-corrected chi connectivity index (χ2v) is 17.9. The first kappa shape index (κ1) is 50.4. The maximum atomic E-state index is 14.5. The maximum Gasteiger partial charge on any atom is 0.326 e. The van der Waals surface area contributed by atoms with E-state index in [1.807, 2.05) is 30.5 Å². The average molecular weight is 929 g/mol. The molecule has 0 radical (unpaired) electrons. The van der Waals surface area contributed by atoms with E-state index in [0.29, 0.717) is 23.3 Å². The SMILES string of the molecule is CSCC[C@H](NC(=O)[C@H](C)NC(=O)[C@@H]1CCCN1C(=O)[C@H](Cc1ccc(O)cc1)NC(=O)[C@@H](NC(=O)[C@H](Cc1ccc(O)cc1)NC(=O)[C@@H](N)Cc1c[nH]c2ccccc12)C(C)C)C(=O)O. The number of phenolic OH excluding ortho intramolecular Hbond substituents is 2. The number of para-hydroxylation sites is 1. The van der Waals surface area contributed by atoms with Gasteiger partial charge in [0.1, 0.15) is 47.8 Å². The van der Waals surface area contributed by atoms with Gasteiger partial charge in [0.15, 0.2) is 0 Å². The second-order valence-electron chi connectivity index (χ2n) is 16.9. The Morgan fingerprint density at radius 3 is 1.94 bits per heavy atom. The number of carboxylic acids is 1. The number of benzene rings is 3. The normalized spacial score (nSPS) is 16.3. The van der Waals surface area contributed by atoms with Gasteiger partial charge in [0.2, 0.25) is 35.4 Å². The zero-order valence-corrected chi connectivity index (χ0v) is 38.2. The molecule has 354 valence electrons. The lowest BCUT2D eigenvalue weighted by atomic mass is 9.98. The highest BCUT2D eigenvalue weighted by Crippen LogP contribution is 2.22. The standard InChI is InChI=1S/C47H60N8O10S/c1-26(2)40(54-43(60)37(22-28-11-15-31(56)16-12-28)52-42(59)34(48)24-30-25-49-35-9-6-5-8-33(30)35)45(62)53-38(23-29-13-17-32(57)18-14-29)46(63)55-20-7-10-39(55)44(61)50-27(3)41(58)51-36(47(64)65)19-21-66-4/h5-6,8-9,11-18,25-27,34,36-40,49,56-57H,7,10,19-24,48H2,1-4H3,(H,50,61)(H,51,58)(H,52,59)(H,53,62)(H,54,60)(H,64,65)/t27-,34-,36-,37-,38-,39-,40-/m0/s1. The lowest BCUT2D eigenvalue weighted by Gasteiger charge is -2.31. The summed E-state index contributed by atoms with van der Waals surface area (Å²) in [6, 6.07) is 11.6. The minimum absolute atomic E-state index is 0.00328. The van der Waals surface area contributed by atoms with Crippen LogP contribution in [0.5, 0.6) is 11.5 Å². The molecule has 0 bridgehead atoms. The van der Waals surface area contributed by atoms with Crippen LogP contribution in [0.15, 0.2) is 79.0 Å². The Morgan fingerprint density at radius 2 is 1.33 bits per heavy atom. The van der Waals surface area contributed by atoms with Gasteiger partial charge < -0.3 is 57.5 Å². The largest absolute Gasteiger partial charge is 0.508 e. The van der Waals surface area contributed by atoms with Crippen LogP contribution in [0.4, 0.5) is 0 Å². The summed E-state index contributed by atoms with van der Waals surface area (Å²) in [5, 5.41) is 43.7. The molecule has 1 aliphatic rings. The summed E-state index contributed by atoms with van der Waals surface area (Å²) in [6.07, 6.45) is 4.53. The van der Waals surface area contributed by atoms with Gasteiger partial charge in [0, 0.05) is 36.5 Å². The molecule has 3 aromatic carbocycles. The van der Waals surface area contributed by atoms with E-state index in [1.54, 1.807) is 44.3 Å². The summed E-state index contributed by atoms with van der Waals surface area (Å²) < 4.78 is 0. The van der Waals surface area contributed by atoms with Crippen LogP contribution in [0.1, 0.15) is 56.7 Å². The zero-order valence-electron chi connectivity index (χ0n) is 37.4. The molecular formula is C47H60N8O10S. The summed E-state index contributed by atoms with van der Waals surface area (Å²) in [4.78, 5) is 99.5. The Balaban J connectivity index is 1.32. The molecule has 1 fully saturated rings. The van der Waals surface area contributed by atoms with Crippen LogP contribution in [0, 0.1) is 5.92 Å². The Hall–Kier alpha value is -6.60. The van der Waals surface area contributed by atoms with Crippen molar-refractivity contribution >= 4 is 64.1 Å². The van der Waals surface area contributed by atoms with E-state index in [2.05, 4.69) is 31.6 Å². The van der Waals surface area contributed by atoms with Gasteiger partial charge >= 0.3 is 5.97 Å². The zero-order chi connectivity index (χ0) is 48.1. The number of rotatable bonds is 22. The van der Waals surface area contributed by atoms with Gasteiger partial charge in [0.05, 0.1) is 6.04 Å². The lowest BCUT2D eigenvalue weighted by molar-refractivity contribution is -0.143. The average Bonchev–Trinajstić information content (AvgIpc) is 3.95. The minimum atomic E-state index is -1.27. The van der Waals surface area contributed by atoms with Crippen LogP contribution in [0.2, 0.25) is 0 Å². The van der Waals surface area contributed by atoms with Crippen LogP contribution >= 0.6 is 11.8 Å². The number of hydrogen-bond acceptors (Lipinski definition) is 11. The number of likely N-dealkylation sites (tertiary alicyclic amines) is 1. The van der Waals surface area contributed by atoms with E-state index in [1.165, 1.54) is 47.9 Å². The van der Waals surface area contributed by atoms with Gasteiger partial charge in [-0.2, -0.15) is 11.8 Å².